The summed E-state index contributed by atoms with van der Waals surface area (Å²) in [6.07, 6.45) is 1.03. The van der Waals surface area contributed by atoms with Crippen LogP contribution in [0.5, 0.6) is 5.75 Å². The molecule has 1 N–H and O–H groups in total. The van der Waals surface area contributed by atoms with E-state index in [1.165, 1.54) is 0 Å². The molecule has 0 bridgehead atoms. The fraction of sp³-hybridized carbons (Fsp3) is 0.185. The van der Waals surface area contributed by atoms with Crippen molar-refractivity contribution in [3.05, 3.63) is 101 Å². The molecule has 0 aliphatic heterocycles. The number of benzene rings is 3. The summed E-state index contributed by atoms with van der Waals surface area (Å²) in [5.41, 5.74) is 5.37. The van der Waals surface area contributed by atoms with E-state index in [2.05, 4.69) is 53.1 Å². The van der Waals surface area contributed by atoms with Crippen LogP contribution in [0.1, 0.15) is 28.8 Å². The van der Waals surface area contributed by atoms with Gasteiger partial charge in [-0.2, -0.15) is 5.26 Å². The van der Waals surface area contributed by atoms with Gasteiger partial charge in [-0.15, -0.1) is 0 Å². The molecule has 32 heavy (non-hydrogen) atoms. The molecule has 0 radical (unpaired) electrons. The zero-order valence-corrected chi connectivity index (χ0v) is 17.7. The number of carboxylic acids is 1. The predicted molar refractivity (Wildman–Crippen MR) is 124 cm³/mol. The summed E-state index contributed by atoms with van der Waals surface area (Å²) in [5.74, 6) is -0.0341. The van der Waals surface area contributed by atoms with Crippen LogP contribution < -0.4 is 4.74 Å². The van der Waals surface area contributed by atoms with Gasteiger partial charge in [0.15, 0.2) is 0 Å². The number of nitrogens with zero attached hydrogens (tertiary/aromatic N) is 2. The maximum absolute atomic E-state index is 10.7. The van der Waals surface area contributed by atoms with Crippen molar-refractivity contribution in [2.75, 3.05) is 0 Å². The normalized spacial score (nSPS) is 10.7. The summed E-state index contributed by atoms with van der Waals surface area (Å²) >= 11 is 0. The summed E-state index contributed by atoms with van der Waals surface area (Å²) in [6, 6.07) is 28.4. The van der Waals surface area contributed by atoms with E-state index in [4.69, 9.17) is 9.84 Å². The molecule has 0 fully saturated rings. The van der Waals surface area contributed by atoms with Crippen LogP contribution in [0.2, 0.25) is 0 Å². The van der Waals surface area contributed by atoms with Gasteiger partial charge in [0.2, 0.25) is 0 Å². The Bertz CT molecular complexity index is 1250. The number of aliphatic carboxylic acids is 1. The van der Waals surface area contributed by atoms with Crippen molar-refractivity contribution in [1.29, 1.82) is 5.26 Å². The predicted octanol–water partition coefficient (Wildman–Crippen LogP) is 5.35. The molecule has 0 spiro atoms. The summed E-state index contributed by atoms with van der Waals surface area (Å²) in [6.45, 7) is 1.17. The highest BCUT2D eigenvalue weighted by molar-refractivity contribution is 5.81. The van der Waals surface area contributed by atoms with Gasteiger partial charge in [0.1, 0.15) is 12.4 Å². The fourth-order valence-electron chi connectivity index (χ4n) is 3.78. The summed E-state index contributed by atoms with van der Waals surface area (Å²) in [4.78, 5) is 10.7. The van der Waals surface area contributed by atoms with Crippen molar-refractivity contribution in [1.82, 2.24) is 4.57 Å². The molecule has 0 aliphatic carbocycles. The van der Waals surface area contributed by atoms with Gasteiger partial charge in [-0.3, -0.25) is 4.79 Å². The molecule has 1 aromatic heterocycles. The van der Waals surface area contributed by atoms with Crippen molar-refractivity contribution in [2.45, 2.75) is 32.4 Å². The molecule has 5 heteroatoms. The fourth-order valence-corrected chi connectivity index (χ4v) is 3.78. The van der Waals surface area contributed by atoms with Crippen LogP contribution in [0, 0.1) is 11.3 Å². The Hall–Kier alpha value is -4.04. The maximum atomic E-state index is 10.7. The van der Waals surface area contributed by atoms with Gasteiger partial charge in [-0.25, -0.2) is 0 Å². The third kappa shape index (κ3) is 5.16. The van der Waals surface area contributed by atoms with Gasteiger partial charge in [-0.05, 0) is 52.8 Å². The average Bonchev–Trinajstić information content (AvgIpc) is 3.15. The molecule has 0 saturated carbocycles. The Kier molecular flexibility index (Phi) is 6.52. The monoisotopic (exact) mass is 424 g/mol. The molecular formula is C27H24N2O3. The van der Waals surface area contributed by atoms with Gasteiger partial charge in [0.05, 0.1) is 12.5 Å². The van der Waals surface area contributed by atoms with Gasteiger partial charge in [0, 0.05) is 24.2 Å². The minimum atomic E-state index is -0.792. The van der Waals surface area contributed by atoms with Crippen molar-refractivity contribution in [3.8, 4) is 11.8 Å². The van der Waals surface area contributed by atoms with E-state index in [0.29, 0.717) is 26.0 Å². The molecule has 0 unspecified atom stereocenters. The lowest BCUT2D eigenvalue weighted by atomic mass is 10.1. The highest BCUT2D eigenvalue weighted by atomic mass is 16.5. The Morgan fingerprint density at radius 3 is 2.34 bits per heavy atom. The van der Waals surface area contributed by atoms with Crippen LogP contribution in [-0.2, 0) is 30.8 Å². The number of rotatable bonds is 9. The number of carbonyl (C=O) groups is 1. The smallest absolute Gasteiger partial charge is 0.303 e. The molecule has 0 amide bonds. The zero-order valence-electron chi connectivity index (χ0n) is 17.7. The number of hydrogen-bond donors (Lipinski definition) is 1. The second-order valence-corrected chi connectivity index (χ2v) is 7.76. The molecule has 0 saturated heterocycles. The summed E-state index contributed by atoms with van der Waals surface area (Å²) in [5, 5.41) is 19.1. The molecule has 0 aliphatic rings. The van der Waals surface area contributed by atoms with Crippen LogP contribution >= 0.6 is 0 Å². The number of hydrogen-bond acceptors (Lipinski definition) is 3. The van der Waals surface area contributed by atoms with Crippen LogP contribution in [0.15, 0.2) is 78.9 Å². The van der Waals surface area contributed by atoms with E-state index < -0.39 is 5.97 Å². The van der Waals surface area contributed by atoms with E-state index >= 15 is 0 Å². The number of fused-ring (bicyclic) bond motifs is 1. The van der Waals surface area contributed by atoms with E-state index in [1.807, 2.05) is 36.4 Å². The number of nitriles is 1. The number of para-hydroxylation sites is 1. The molecular weight excluding hydrogens is 400 g/mol. The van der Waals surface area contributed by atoms with Crippen LogP contribution in [-0.4, -0.2) is 15.6 Å². The van der Waals surface area contributed by atoms with Crippen molar-refractivity contribution in [2.24, 2.45) is 0 Å². The van der Waals surface area contributed by atoms with Gasteiger partial charge in [0.25, 0.3) is 0 Å². The van der Waals surface area contributed by atoms with Crippen LogP contribution in [0.25, 0.3) is 10.9 Å². The first kappa shape index (κ1) is 21.2. The molecule has 1 heterocycles. The molecule has 0 atom stereocenters. The topological polar surface area (TPSA) is 75.2 Å². The Morgan fingerprint density at radius 2 is 1.62 bits per heavy atom. The number of aromatic nitrogens is 1. The van der Waals surface area contributed by atoms with Crippen LogP contribution in [0.4, 0.5) is 0 Å². The molecule has 160 valence electrons. The summed E-state index contributed by atoms with van der Waals surface area (Å²) in [7, 11) is 0. The maximum Gasteiger partial charge on any atom is 0.303 e. The SMILES string of the molecule is N#CCc1cc2ccccc2n1Cc1ccc(COc2ccc(CCC(=O)O)cc2)cc1. The lowest BCUT2D eigenvalue weighted by molar-refractivity contribution is -0.136. The first-order chi connectivity index (χ1) is 15.6. The van der Waals surface area contributed by atoms with Crippen molar-refractivity contribution < 1.29 is 14.6 Å². The number of carboxylic acid groups (broad SMARTS) is 1. The van der Waals surface area contributed by atoms with E-state index in [0.717, 1.165) is 39.0 Å². The van der Waals surface area contributed by atoms with Crippen molar-refractivity contribution >= 4 is 16.9 Å². The Labute approximate surface area is 187 Å². The first-order valence-electron chi connectivity index (χ1n) is 10.6. The highest BCUT2D eigenvalue weighted by Crippen LogP contribution is 2.22. The van der Waals surface area contributed by atoms with E-state index in [-0.39, 0.29) is 6.42 Å². The first-order valence-corrected chi connectivity index (χ1v) is 10.6. The number of ether oxygens (including phenoxy) is 1. The molecule has 4 aromatic rings. The van der Waals surface area contributed by atoms with E-state index in [1.54, 1.807) is 0 Å². The molecule has 5 nitrogen and oxygen atoms in total. The standard InChI is InChI=1S/C27H24N2O3/c28-16-15-24-17-23-3-1-2-4-26(23)29(24)18-21-5-7-22(8-6-21)19-32-25-12-9-20(10-13-25)11-14-27(30)31/h1-10,12-13,17H,11,14-15,18-19H2,(H,30,31). The van der Waals surface area contributed by atoms with Crippen LogP contribution in [0.3, 0.4) is 0 Å². The number of aryl methyl sites for hydroxylation is 1. The van der Waals surface area contributed by atoms with E-state index in [9.17, 15) is 10.1 Å². The largest absolute Gasteiger partial charge is 0.489 e. The second-order valence-electron chi connectivity index (χ2n) is 7.76. The van der Waals surface area contributed by atoms with Gasteiger partial charge < -0.3 is 14.4 Å². The Balaban J connectivity index is 1.39. The lowest BCUT2D eigenvalue weighted by Gasteiger charge is -2.11. The average molecular weight is 425 g/mol. The minimum absolute atomic E-state index is 0.128. The van der Waals surface area contributed by atoms with Gasteiger partial charge in [-0.1, -0.05) is 54.6 Å². The molecule has 3 aromatic carbocycles. The second kappa shape index (κ2) is 9.84. The third-order valence-corrected chi connectivity index (χ3v) is 5.48. The van der Waals surface area contributed by atoms with Crippen molar-refractivity contribution in [3.63, 3.8) is 0 Å². The minimum Gasteiger partial charge on any atom is -0.489 e. The lowest BCUT2D eigenvalue weighted by Crippen LogP contribution is -2.04. The molecule has 4 rings (SSSR count). The van der Waals surface area contributed by atoms with Gasteiger partial charge >= 0.3 is 5.97 Å². The third-order valence-electron chi connectivity index (χ3n) is 5.48. The zero-order chi connectivity index (χ0) is 22.3. The Morgan fingerprint density at radius 1 is 0.938 bits per heavy atom. The summed E-state index contributed by atoms with van der Waals surface area (Å²) < 4.78 is 8.07. The quantitative estimate of drug-likeness (QED) is 0.393. The highest BCUT2D eigenvalue weighted by Gasteiger charge is 2.09.